The first kappa shape index (κ1) is 14.6. The summed E-state index contributed by atoms with van der Waals surface area (Å²) >= 11 is 1.49. The van der Waals surface area contributed by atoms with Crippen LogP contribution in [0.3, 0.4) is 0 Å². The van der Waals surface area contributed by atoms with Gasteiger partial charge in [0.1, 0.15) is 0 Å². The molecule has 0 unspecified atom stereocenters. The number of aryl methyl sites for hydroxylation is 4. The molecule has 0 saturated heterocycles. The molecule has 104 valence electrons. The fourth-order valence-electron chi connectivity index (χ4n) is 2.17. The Balaban J connectivity index is 2.50. The van der Waals surface area contributed by atoms with E-state index in [1.807, 2.05) is 39.0 Å². The molecule has 4 heteroatoms. The molecule has 0 saturated carbocycles. The van der Waals surface area contributed by atoms with E-state index < -0.39 is 5.97 Å². The van der Waals surface area contributed by atoms with Crippen molar-refractivity contribution in [1.29, 1.82) is 0 Å². The Hall–Kier alpha value is -1.81. The third kappa shape index (κ3) is 3.02. The smallest absolute Gasteiger partial charge is 0.338 e. The predicted molar refractivity (Wildman–Crippen MR) is 80.7 cm³/mol. The van der Waals surface area contributed by atoms with Gasteiger partial charge < -0.3 is 5.11 Å². The highest BCUT2D eigenvalue weighted by atomic mass is 32.2. The molecule has 2 rings (SSSR count). The third-order valence-corrected chi connectivity index (χ3v) is 4.28. The Morgan fingerprint density at radius 1 is 1.10 bits per heavy atom. The maximum atomic E-state index is 11.4. The maximum Gasteiger partial charge on any atom is 0.338 e. The molecular formula is C16H17NO2S. The van der Waals surface area contributed by atoms with Gasteiger partial charge in [0.25, 0.3) is 0 Å². The van der Waals surface area contributed by atoms with E-state index in [9.17, 15) is 9.90 Å². The molecule has 2 aromatic rings. The number of aromatic carboxylic acids is 1. The van der Waals surface area contributed by atoms with E-state index in [1.54, 1.807) is 6.92 Å². The van der Waals surface area contributed by atoms with E-state index in [0.717, 1.165) is 21.0 Å². The predicted octanol–water partition coefficient (Wildman–Crippen LogP) is 4.16. The van der Waals surface area contributed by atoms with Gasteiger partial charge in [-0.25, -0.2) is 4.79 Å². The summed E-state index contributed by atoms with van der Waals surface area (Å²) in [5.41, 5.74) is 4.04. The first-order chi connectivity index (χ1) is 9.38. The molecule has 3 nitrogen and oxygen atoms in total. The van der Waals surface area contributed by atoms with Crippen molar-refractivity contribution in [3.05, 3.63) is 52.3 Å². The van der Waals surface area contributed by atoms with E-state index in [1.165, 1.54) is 17.3 Å². The molecule has 0 atom stereocenters. The number of rotatable bonds is 3. The summed E-state index contributed by atoms with van der Waals surface area (Å²) in [6, 6.07) is 8.01. The van der Waals surface area contributed by atoms with Crippen LogP contribution in [0.15, 0.2) is 34.1 Å². The Morgan fingerprint density at radius 3 is 2.40 bits per heavy atom. The normalized spacial score (nSPS) is 10.6. The summed E-state index contributed by atoms with van der Waals surface area (Å²) < 4.78 is 0. The molecule has 1 aromatic heterocycles. The third-order valence-electron chi connectivity index (χ3n) is 3.06. The summed E-state index contributed by atoms with van der Waals surface area (Å²) in [6.45, 7) is 7.70. The van der Waals surface area contributed by atoms with Gasteiger partial charge in [0.15, 0.2) is 0 Å². The van der Waals surface area contributed by atoms with Crippen molar-refractivity contribution in [2.45, 2.75) is 37.5 Å². The number of aromatic nitrogens is 1. The van der Waals surface area contributed by atoms with Crippen LogP contribution in [0.1, 0.15) is 32.9 Å². The van der Waals surface area contributed by atoms with Crippen LogP contribution in [-0.4, -0.2) is 16.1 Å². The number of carboxylic acid groups (broad SMARTS) is 1. The first-order valence-corrected chi connectivity index (χ1v) is 7.17. The summed E-state index contributed by atoms with van der Waals surface area (Å²) in [7, 11) is 0. The van der Waals surface area contributed by atoms with Crippen molar-refractivity contribution in [2.24, 2.45) is 0 Å². The second kappa shape index (κ2) is 5.67. The monoisotopic (exact) mass is 287 g/mol. The highest BCUT2D eigenvalue weighted by molar-refractivity contribution is 7.99. The maximum absolute atomic E-state index is 11.4. The van der Waals surface area contributed by atoms with Gasteiger partial charge in [0, 0.05) is 15.5 Å². The van der Waals surface area contributed by atoms with E-state index >= 15 is 0 Å². The molecule has 1 aromatic carbocycles. The van der Waals surface area contributed by atoms with Crippen molar-refractivity contribution in [2.75, 3.05) is 0 Å². The van der Waals surface area contributed by atoms with Crippen LogP contribution in [0, 0.1) is 27.7 Å². The quantitative estimate of drug-likeness (QED) is 0.920. The fraction of sp³-hybridized carbons (Fsp3) is 0.250. The largest absolute Gasteiger partial charge is 0.478 e. The minimum absolute atomic E-state index is 0.292. The van der Waals surface area contributed by atoms with Crippen LogP contribution in [-0.2, 0) is 0 Å². The number of carbonyl (C=O) groups is 1. The van der Waals surface area contributed by atoms with Crippen molar-refractivity contribution in [3.8, 4) is 0 Å². The van der Waals surface area contributed by atoms with Crippen molar-refractivity contribution >= 4 is 17.7 Å². The number of nitrogens with zero attached hydrogens (tertiary/aromatic N) is 1. The molecular weight excluding hydrogens is 270 g/mol. The molecule has 1 N–H and O–H groups in total. The van der Waals surface area contributed by atoms with Gasteiger partial charge in [-0.15, -0.1) is 0 Å². The van der Waals surface area contributed by atoms with Gasteiger partial charge in [-0.2, -0.15) is 0 Å². The van der Waals surface area contributed by atoms with Gasteiger partial charge >= 0.3 is 5.97 Å². The van der Waals surface area contributed by atoms with Crippen molar-refractivity contribution < 1.29 is 9.90 Å². The SMILES string of the molecule is Cc1ccc(Sc2cc(C)nc(C)c2C(=O)O)c(C)c1. The summed E-state index contributed by atoms with van der Waals surface area (Å²) in [4.78, 5) is 17.5. The van der Waals surface area contributed by atoms with Crippen molar-refractivity contribution in [3.63, 3.8) is 0 Å². The van der Waals surface area contributed by atoms with E-state index in [-0.39, 0.29) is 0 Å². The van der Waals surface area contributed by atoms with Crippen LogP contribution in [0.25, 0.3) is 0 Å². The van der Waals surface area contributed by atoms with E-state index in [0.29, 0.717) is 11.3 Å². The number of hydrogen-bond donors (Lipinski definition) is 1. The Labute approximate surface area is 123 Å². The Bertz CT molecular complexity index is 680. The van der Waals surface area contributed by atoms with Crippen LogP contribution >= 0.6 is 11.8 Å². The molecule has 0 fully saturated rings. The molecule has 1 heterocycles. The van der Waals surface area contributed by atoms with E-state index in [4.69, 9.17) is 0 Å². The zero-order valence-corrected chi connectivity index (χ0v) is 12.8. The average Bonchev–Trinajstić information content (AvgIpc) is 2.31. The standard InChI is InChI=1S/C16H17NO2S/c1-9-5-6-13(10(2)7-9)20-14-8-11(3)17-12(4)15(14)16(18)19/h5-8H,1-4H3,(H,18,19). The molecule has 0 radical (unpaired) electrons. The molecule has 20 heavy (non-hydrogen) atoms. The first-order valence-electron chi connectivity index (χ1n) is 6.35. The average molecular weight is 287 g/mol. The minimum Gasteiger partial charge on any atom is -0.478 e. The lowest BCUT2D eigenvalue weighted by molar-refractivity contribution is 0.0691. The molecule has 0 bridgehead atoms. The van der Waals surface area contributed by atoms with Gasteiger partial charge in [0.05, 0.1) is 11.3 Å². The van der Waals surface area contributed by atoms with Gasteiger partial charge in [-0.3, -0.25) is 4.98 Å². The van der Waals surface area contributed by atoms with Gasteiger partial charge in [0.2, 0.25) is 0 Å². The molecule has 0 amide bonds. The van der Waals surface area contributed by atoms with Crippen LogP contribution in [0.4, 0.5) is 0 Å². The fourth-order valence-corrected chi connectivity index (χ4v) is 3.33. The summed E-state index contributed by atoms with van der Waals surface area (Å²) in [5.74, 6) is -0.928. The Morgan fingerprint density at radius 2 is 1.80 bits per heavy atom. The van der Waals surface area contributed by atoms with Crippen LogP contribution in [0.5, 0.6) is 0 Å². The highest BCUT2D eigenvalue weighted by Gasteiger charge is 2.16. The summed E-state index contributed by atoms with van der Waals surface area (Å²) in [6.07, 6.45) is 0. The second-order valence-electron chi connectivity index (χ2n) is 4.90. The lowest BCUT2D eigenvalue weighted by Crippen LogP contribution is -2.05. The zero-order chi connectivity index (χ0) is 14.9. The van der Waals surface area contributed by atoms with Crippen LogP contribution < -0.4 is 0 Å². The molecule has 0 spiro atoms. The lowest BCUT2D eigenvalue weighted by Gasteiger charge is -2.11. The van der Waals surface area contributed by atoms with E-state index in [2.05, 4.69) is 11.1 Å². The number of pyridine rings is 1. The molecule has 0 aliphatic rings. The Kier molecular flexibility index (Phi) is 4.14. The van der Waals surface area contributed by atoms with Gasteiger partial charge in [-0.1, -0.05) is 29.5 Å². The topological polar surface area (TPSA) is 50.2 Å². The number of carboxylic acids is 1. The lowest BCUT2D eigenvalue weighted by atomic mass is 10.2. The summed E-state index contributed by atoms with van der Waals surface area (Å²) in [5, 5.41) is 9.38. The minimum atomic E-state index is -0.928. The second-order valence-corrected chi connectivity index (χ2v) is 5.98. The number of hydrogen-bond acceptors (Lipinski definition) is 3. The molecule has 0 aliphatic heterocycles. The number of benzene rings is 1. The van der Waals surface area contributed by atoms with Crippen molar-refractivity contribution in [1.82, 2.24) is 4.98 Å². The van der Waals surface area contributed by atoms with Gasteiger partial charge in [-0.05, 0) is 45.4 Å². The zero-order valence-electron chi connectivity index (χ0n) is 12.0. The van der Waals surface area contributed by atoms with Crippen LogP contribution in [0.2, 0.25) is 0 Å². The molecule has 0 aliphatic carbocycles. The highest BCUT2D eigenvalue weighted by Crippen LogP contribution is 2.34.